The minimum atomic E-state index is -3.55. The van der Waals surface area contributed by atoms with Crippen LogP contribution in [0.2, 0.25) is 10.0 Å². The highest BCUT2D eigenvalue weighted by Crippen LogP contribution is 2.28. The predicted octanol–water partition coefficient (Wildman–Crippen LogP) is 2.76. The van der Waals surface area contributed by atoms with Gasteiger partial charge in [0.2, 0.25) is 10.0 Å². The third-order valence-corrected chi connectivity index (χ3v) is 5.82. The van der Waals surface area contributed by atoms with Gasteiger partial charge in [-0.15, -0.1) is 0 Å². The second kappa shape index (κ2) is 6.62. The van der Waals surface area contributed by atoms with E-state index in [-0.39, 0.29) is 10.9 Å². The van der Waals surface area contributed by atoms with E-state index in [1.54, 1.807) is 4.31 Å². The molecule has 0 saturated carbocycles. The Morgan fingerprint density at radius 1 is 1.25 bits per heavy atom. The zero-order valence-electron chi connectivity index (χ0n) is 11.3. The Morgan fingerprint density at radius 2 is 1.90 bits per heavy atom. The summed E-state index contributed by atoms with van der Waals surface area (Å²) in [6.07, 6.45) is 2.80. The van der Waals surface area contributed by atoms with Crippen LogP contribution in [0.5, 0.6) is 0 Å². The smallest absolute Gasteiger partial charge is 0.243 e. The van der Waals surface area contributed by atoms with Crippen LogP contribution in [-0.2, 0) is 10.0 Å². The van der Waals surface area contributed by atoms with Crippen LogP contribution < -0.4 is 5.32 Å². The van der Waals surface area contributed by atoms with Crippen LogP contribution >= 0.6 is 23.2 Å². The summed E-state index contributed by atoms with van der Waals surface area (Å²) in [6.45, 7) is 1.19. The molecule has 1 aliphatic heterocycles. The molecule has 1 fully saturated rings. The number of sulfonamides is 1. The quantitative estimate of drug-likeness (QED) is 0.919. The first-order chi connectivity index (χ1) is 9.45. The van der Waals surface area contributed by atoms with Crippen LogP contribution in [0, 0.1) is 0 Å². The molecule has 4 nitrogen and oxygen atoms in total. The largest absolute Gasteiger partial charge is 0.318 e. The molecule has 20 heavy (non-hydrogen) atoms. The third kappa shape index (κ3) is 3.46. The van der Waals surface area contributed by atoms with Gasteiger partial charge in [0.25, 0.3) is 0 Å². The normalized spacial score (nSPS) is 21.1. The lowest BCUT2D eigenvalue weighted by Gasteiger charge is -2.34. The molecule has 112 valence electrons. The molecule has 1 unspecified atom stereocenters. The van der Waals surface area contributed by atoms with Crippen LogP contribution in [0.3, 0.4) is 0 Å². The fourth-order valence-electron chi connectivity index (χ4n) is 2.54. The van der Waals surface area contributed by atoms with Gasteiger partial charge in [-0.05, 0) is 38.1 Å². The standard InChI is InChI=1S/C13H18Cl2N2O2S/c1-16-9-12-4-2-3-5-17(12)20(18,19)13-7-10(14)6-11(15)8-13/h6-8,12,16H,2-5,9H2,1H3. The zero-order chi connectivity index (χ0) is 14.8. The van der Waals surface area contributed by atoms with Crippen LogP contribution in [0.1, 0.15) is 19.3 Å². The molecule has 7 heteroatoms. The van der Waals surface area contributed by atoms with E-state index in [0.29, 0.717) is 23.1 Å². The Kier molecular flexibility index (Phi) is 5.31. The minimum Gasteiger partial charge on any atom is -0.318 e. The van der Waals surface area contributed by atoms with Crippen LogP contribution in [0.15, 0.2) is 23.1 Å². The van der Waals surface area contributed by atoms with Crippen molar-refractivity contribution in [2.24, 2.45) is 0 Å². The lowest BCUT2D eigenvalue weighted by Crippen LogP contribution is -2.47. The maximum Gasteiger partial charge on any atom is 0.243 e. The molecule has 0 amide bonds. The van der Waals surface area contributed by atoms with Crippen LogP contribution in [-0.4, -0.2) is 38.9 Å². The van der Waals surface area contributed by atoms with E-state index in [9.17, 15) is 8.42 Å². The van der Waals surface area contributed by atoms with Crippen molar-refractivity contribution in [1.82, 2.24) is 9.62 Å². The Bertz CT molecular complexity index is 555. The molecule has 1 aromatic rings. The van der Waals surface area contributed by atoms with Crippen molar-refractivity contribution in [2.45, 2.75) is 30.2 Å². The summed E-state index contributed by atoms with van der Waals surface area (Å²) in [5, 5.41) is 3.72. The van der Waals surface area contributed by atoms with Gasteiger partial charge in [-0.25, -0.2) is 8.42 Å². The SMILES string of the molecule is CNCC1CCCCN1S(=O)(=O)c1cc(Cl)cc(Cl)c1. The van der Waals surface area contributed by atoms with E-state index in [1.165, 1.54) is 18.2 Å². The number of rotatable bonds is 4. The first-order valence-electron chi connectivity index (χ1n) is 6.57. The number of nitrogens with zero attached hydrogens (tertiary/aromatic N) is 1. The summed E-state index contributed by atoms with van der Waals surface area (Å²) in [5.41, 5.74) is 0. The van der Waals surface area contributed by atoms with Gasteiger partial charge in [-0.1, -0.05) is 29.6 Å². The van der Waals surface area contributed by atoms with Crippen molar-refractivity contribution in [3.63, 3.8) is 0 Å². The molecule has 0 aromatic heterocycles. The van der Waals surface area contributed by atoms with E-state index in [2.05, 4.69) is 5.32 Å². The second-order valence-electron chi connectivity index (χ2n) is 4.93. The second-order valence-corrected chi connectivity index (χ2v) is 7.69. The zero-order valence-corrected chi connectivity index (χ0v) is 13.6. The van der Waals surface area contributed by atoms with Crippen molar-refractivity contribution >= 4 is 33.2 Å². The van der Waals surface area contributed by atoms with Gasteiger partial charge in [0.1, 0.15) is 0 Å². The summed E-state index contributed by atoms with van der Waals surface area (Å²) in [4.78, 5) is 0.165. The molecule has 1 heterocycles. The Hall–Kier alpha value is -0.330. The van der Waals surface area contributed by atoms with Crippen molar-refractivity contribution in [3.05, 3.63) is 28.2 Å². The maximum absolute atomic E-state index is 12.8. The summed E-state index contributed by atoms with van der Waals surface area (Å²) in [5.74, 6) is 0. The molecular formula is C13H18Cl2N2O2S. The average molecular weight is 337 g/mol. The van der Waals surface area contributed by atoms with Gasteiger partial charge in [0, 0.05) is 29.2 Å². The van der Waals surface area contributed by atoms with E-state index < -0.39 is 10.0 Å². The average Bonchev–Trinajstić information content (AvgIpc) is 2.38. The van der Waals surface area contributed by atoms with Crippen molar-refractivity contribution in [3.8, 4) is 0 Å². The van der Waals surface area contributed by atoms with E-state index in [1.807, 2.05) is 7.05 Å². The Balaban J connectivity index is 2.36. The molecule has 1 N–H and O–H groups in total. The first-order valence-corrected chi connectivity index (χ1v) is 8.77. The highest BCUT2D eigenvalue weighted by Gasteiger charge is 2.33. The number of hydrogen-bond acceptors (Lipinski definition) is 3. The van der Waals surface area contributed by atoms with E-state index >= 15 is 0 Å². The van der Waals surface area contributed by atoms with Crippen molar-refractivity contribution < 1.29 is 8.42 Å². The fraction of sp³-hybridized carbons (Fsp3) is 0.538. The monoisotopic (exact) mass is 336 g/mol. The van der Waals surface area contributed by atoms with Crippen molar-refractivity contribution in [2.75, 3.05) is 20.1 Å². The third-order valence-electron chi connectivity index (χ3n) is 3.46. The predicted molar refractivity (Wildman–Crippen MR) is 81.9 cm³/mol. The van der Waals surface area contributed by atoms with E-state index in [4.69, 9.17) is 23.2 Å². The summed E-state index contributed by atoms with van der Waals surface area (Å²) < 4.78 is 27.1. The van der Waals surface area contributed by atoms with Gasteiger partial charge in [0.15, 0.2) is 0 Å². The number of piperidine rings is 1. The van der Waals surface area contributed by atoms with Gasteiger partial charge >= 0.3 is 0 Å². The highest BCUT2D eigenvalue weighted by atomic mass is 35.5. The van der Waals surface area contributed by atoms with Gasteiger partial charge in [-0.3, -0.25) is 0 Å². The van der Waals surface area contributed by atoms with E-state index in [0.717, 1.165) is 19.3 Å². The highest BCUT2D eigenvalue weighted by molar-refractivity contribution is 7.89. The number of halogens is 2. The topological polar surface area (TPSA) is 49.4 Å². The number of benzene rings is 1. The Morgan fingerprint density at radius 3 is 2.50 bits per heavy atom. The summed E-state index contributed by atoms with van der Waals surface area (Å²) in [7, 11) is -1.72. The molecule has 0 aliphatic carbocycles. The lowest BCUT2D eigenvalue weighted by atomic mass is 10.1. The van der Waals surface area contributed by atoms with Gasteiger partial charge < -0.3 is 5.32 Å². The number of nitrogens with one attached hydrogen (secondary N) is 1. The molecule has 2 rings (SSSR count). The van der Waals surface area contributed by atoms with Gasteiger partial charge in [-0.2, -0.15) is 4.31 Å². The summed E-state index contributed by atoms with van der Waals surface area (Å²) in [6, 6.07) is 4.42. The molecular weight excluding hydrogens is 319 g/mol. The fourth-order valence-corrected chi connectivity index (χ4v) is 4.96. The van der Waals surface area contributed by atoms with Gasteiger partial charge in [0.05, 0.1) is 4.90 Å². The Labute approximate surface area is 130 Å². The molecule has 1 aliphatic rings. The van der Waals surface area contributed by atoms with Crippen LogP contribution in [0.25, 0.3) is 0 Å². The lowest BCUT2D eigenvalue weighted by molar-refractivity contribution is 0.249. The summed E-state index contributed by atoms with van der Waals surface area (Å²) >= 11 is 11.8. The van der Waals surface area contributed by atoms with Crippen molar-refractivity contribution in [1.29, 1.82) is 0 Å². The molecule has 1 atom stereocenters. The van der Waals surface area contributed by atoms with Crippen LogP contribution in [0.4, 0.5) is 0 Å². The molecule has 1 aromatic carbocycles. The first kappa shape index (κ1) is 16.0. The number of hydrogen-bond donors (Lipinski definition) is 1. The molecule has 0 spiro atoms. The molecule has 0 bridgehead atoms. The molecule has 1 saturated heterocycles. The maximum atomic E-state index is 12.8. The molecule has 0 radical (unpaired) electrons. The number of likely N-dealkylation sites (N-methyl/N-ethyl adjacent to an activating group) is 1. The minimum absolute atomic E-state index is 0.0171.